The summed E-state index contributed by atoms with van der Waals surface area (Å²) in [6, 6.07) is 66.7. The van der Waals surface area contributed by atoms with Gasteiger partial charge in [-0.15, -0.1) is 0 Å². The van der Waals surface area contributed by atoms with E-state index in [0.717, 1.165) is 0 Å². The van der Waals surface area contributed by atoms with Crippen molar-refractivity contribution in [3.8, 4) is 44.5 Å². The van der Waals surface area contributed by atoms with Crippen molar-refractivity contribution in [2.45, 2.75) is 0 Å². The first-order chi connectivity index (χ1) is 22.8. The molecular formula is C46H30. The fourth-order valence-corrected chi connectivity index (χ4v) is 6.99. The van der Waals surface area contributed by atoms with Crippen LogP contribution in [-0.2, 0) is 0 Å². The topological polar surface area (TPSA) is 0 Å². The molecule has 0 N–H and O–H groups in total. The molecule has 0 aliphatic heterocycles. The van der Waals surface area contributed by atoms with Gasteiger partial charge in [0.05, 0.1) is 0 Å². The fourth-order valence-electron chi connectivity index (χ4n) is 6.99. The van der Waals surface area contributed by atoms with Crippen molar-refractivity contribution < 1.29 is 0 Å². The van der Waals surface area contributed by atoms with E-state index in [1.807, 2.05) is 0 Å². The van der Waals surface area contributed by atoms with Gasteiger partial charge in [-0.25, -0.2) is 0 Å². The Kier molecular flexibility index (Phi) is 6.25. The predicted octanol–water partition coefficient (Wildman–Crippen LogP) is 13.0. The molecule has 0 heterocycles. The van der Waals surface area contributed by atoms with Gasteiger partial charge in [0.1, 0.15) is 0 Å². The summed E-state index contributed by atoms with van der Waals surface area (Å²) in [6.45, 7) is 0. The summed E-state index contributed by atoms with van der Waals surface area (Å²) >= 11 is 0. The molecule has 9 aromatic rings. The number of hydrogen-bond acceptors (Lipinski definition) is 0. The van der Waals surface area contributed by atoms with E-state index in [9.17, 15) is 0 Å². The Morgan fingerprint density at radius 2 is 0.652 bits per heavy atom. The minimum absolute atomic E-state index is 1.22. The summed E-state index contributed by atoms with van der Waals surface area (Å²) in [5.41, 5.74) is 9.87. The van der Waals surface area contributed by atoms with Gasteiger partial charge in [-0.1, -0.05) is 146 Å². The second-order valence-corrected chi connectivity index (χ2v) is 12.2. The molecule has 0 spiro atoms. The van der Waals surface area contributed by atoms with E-state index in [4.69, 9.17) is 0 Å². The van der Waals surface area contributed by atoms with E-state index in [2.05, 4.69) is 182 Å². The van der Waals surface area contributed by atoms with Crippen LogP contribution in [0.1, 0.15) is 0 Å². The zero-order valence-corrected chi connectivity index (χ0v) is 25.3. The molecule has 0 saturated carbocycles. The van der Waals surface area contributed by atoms with Crippen molar-refractivity contribution in [2.75, 3.05) is 0 Å². The second kappa shape index (κ2) is 10.9. The Hall–Kier alpha value is -5.98. The molecule has 0 heteroatoms. The maximum absolute atomic E-state index is 2.38. The Labute approximate surface area is 268 Å². The average molecular weight is 583 g/mol. The Balaban J connectivity index is 1.19. The summed E-state index contributed by atoms with van der Waals surface area (Å²) in [5, 5.41) is 10.1. The summed E-state index contributed by atoms with van der Waals surface area (Å²) < 4.78 is 0. The molecular weight excluding hydrogens is 553 g/mol. The lowest BCUT2D eigenvalue weighted by molar-refractivity contribution is 1.61. The summed E-state index contributed by atoms with van der Waals surface area (Å²) in [4.78, 5) is 0. The third kappa shape index (κ3) is 4.64. The van der Waals surface area contributed by atoms with E-state index >= 15 is 0 Å². The van der Waals surface area contributed by atoms with Gasteiger partial charge >= 0.3 is 0 Å². The van der Waals surface area contributed by atoms with E-state index in [-0.39, 0.29) is 0 Å². The number of rotatable bonds is 4. The van der Waals surface area contributed by atoms with Crippen LogP contribution in [0, 0.1) is 0 Å². The van der Waals surface area contributed by atoms with E-state index in [1.54, 1.807) is 0 Å². The van der Waals surface area contributed by atoms with Crippen LogP contribution in [-0.4, -0.2) is 0 Å². The molecule has 9 aromatic carbocycles. The van der Waals surface area contributed by atoms with E-state index in [0.29, 0.717) is 0 Å². The number of benzene rings is 9. The molecule has 46 heavy (non-hydrogen) atoms. The first kappa shape index (κ1) is 26.4. The number of fused-ring (bicyclic) bond motifs is 5. The molecule has 9 rings (SSSR count). The minimum Gasteiger partial charge on any atom is -0.0622 e. The van der Waals surface area contributed by atoms with Gasteiger partial charge in [0, 0.05) is 0 Å². The van der Waals surface area contributed by atoms with Gasteiger partial charge in [-0.2, -0.15) is 0 Å². The molecule has 0 fully saturated rings. The van der Waals surface area contributed by atoms with Gasteiger partial charge in [0.15, 0.2) is 0 Å². The van der Waals surface area contributed by atoms with Gasteiger partial charge in [-0.3, -0.25) is 0 Å². The smallest absolute Gasteiger partial charge is 0.00928 e. The molecule has 214 valence electrons. The molecule has 0 nitrogen and oxygen atoms in total. The molecule has 0 bridgehead atoms. The third-order valence-electron chi connectivity index (χ3n) is 9.40. The van der Waals surface area contributed by atoms with Gasteiger partial charge in [0.2, 0.25) is 0 Å². The minimum atomic E-state index is 1.22. The molecule has 0 saturated heterocycles. The predicted molar refractivity (Wildman–Crippen MR) is 198 cm³/mol. The highest BCUT2D eigenvalue weighted by atomic mass is 14.2. The zero-order valence-electron chi connectivity index (χ0n) is 25.3. The first-order valence-electron chi connectivity index (χ1n) is 15.9. The quantitative estimate of drug-likeness (QED) is 0.181. The standard InChI is InChI=1S/C46H30/c1-2-11-33(12-3-1)45-30-42-28-40(39-20-18-32-10-5-7-14-35(32)26-39)21-23-43(42)44-24-22-41(29-46(44)45)37-16-8-15-36(27-37)38-19-17-31-9-4-6-13-34(31)25-38/h1-30H. The van der Waals surface area contributed by atoms with Crippen molar-refractivity contribution in [2.24, 2.45) is 0 Å². The van der Waals surface area contributed by atoms with Gasteiger partial charge in [-0.05, 0) is 124 Å². The monoisotopic (exact) mass is 582 g/mol. The van der Waals surface area contributed by atoms with Crippen LogP contribution < -0.4 is 0 Å². The van der Waals surface area contributed by atoms with Crippen LogP contribution in [0.2, 0.25) is 0 Å². The SMILES string of the molecule is c1ccc(-c2cc3cc(-c4ccc5ccccc5c4)ccc3c3ccc(-c4cccc(-c5ccc6ccccc6c5)c4)cc23)cc1. The highest BCUT2D eigenvalue weighted by Gasteiger charge is 2.12. The van der Waals surface area contributed by atoms with Crippen LogP contribution >= 0.6 is 0 Å². The maximum Gasteiger partial charge on any atom is -0.00928 e. The highest BCUT2D eigenvalue weighted by molar-refractivity contribution is 6.15. The van der Waals surface area contributed by atoms with Crippen molar-refractivity contribution in [3.05, 3.63) is 182 Å². The lowest BCUT2D eigenvalue weighted by atomic mass is 9.89. The molecule has 0 amide bonds. The molecule has 0 radical (unpaired) electrons. The normalized spacial score (nSPS) is 11.5. The van der Waals surface area contributed by atoms with Crippen LogP contribution in [0.5, 0.6) is 0 Å². The lowest BCUT2D eigenvalue weighted by Crippen LogP contribution is -1.88. The lowest BCUT2D eigenvalue weighted by Gasteiger charge is -2.15. The molecule has 0 aliphatic rings. The van der Waals surface area contributed by atoms with Crippen LogP contribution in [0.4, 0.5) is 0 Å². The molecule has 0 aliphatic carbocycles. The summed E-state index contributed by atoms with van der Waals surface area (Å²) in [7, 11) is 0. The summed E-state index contributed by atoms with van der Waals surface area (Å²) in [6.07, 6.45) is 0. The fraction of sp³-hybridized carbons (Fsp3) is 0. The van der Waals surface area contributed by atoms with Gasteiger partial charge < -0.3 is 0 Å². The van der Waals surface area contributed by atoms with Crippen LogP contribution in [0.25, 0.3) is 87.6 Å². The number of hydrogen-bond donors (Lipinski definition) is 0. The average Bonchev–Trinajstić information content (AvgIpc) is 3.14. The Morgan fingerprint density at radius 3 is 1.28 bits per heavy atom. The largest absolute Gasteiger partial charge is 0.0622 e. The maximum atomic E-state index is 2.38. The second-order valence-electron chi connectivity index (χ2n) is 12.2. The van der Waals surface area contributed by atoms with Crippen LogP contribution in [0.3, 0.4) is 0 Å². The Bertz CT molecular complexity index is 2570. The van der Waals surface area contributed by atoms with Crippen molar-refractivity contribution in [3.63, 3.8) is 0 Å². The summed E-state index contributed by atoms with van der Waals surface area (Å²) in [5.74, 6) is 0. The third-order valence-corrected chi connectivity index (χ3v) is 9.40. The highest BCUT2D eigenvalue weighted by Crippen LogP contribution is 2.39. The van der Waals surface area contributed by atoms with Crippen LogP contribution in [0.15, 0.2) is 182 Å². The Morgan fingerprint density at radius 1 is 0.196 bits per heavy atom. The van der Waals surface area contributed by atoms with E-state index < -0.39 is 0 Å². The first-order valence-corrected chi connectivity index (χ1v) is 15.9. The van der Waals surface area contributed by atoms with Gasteiger partial charge in [0.25, 0.3) is 0 Å². The van der Waals surface area contributed by atoms with Crippen molar-refractivity contribution in [1.29, 1.82) is 0 Å². The van der Waals surface area contributed by atoms with Crippen molar-refractivity contribution in [1.82, 2.24) is 0 Å². The zero-order chi connectivity index (χ0) is 30.5. The molecule has 0 aromatic heterocycles. The van der Waals surface area contributed by atoms with Crippen molar-refractivity contribution >= 4 is 43.1 Å². The molecule has 0 unspecified atom stereocenters. The van der Waals surface area contributed by atoms with E-state index in [1.165, 1.54) is 87.6 Å². The molecule has 0 atom stereocenters.